The minimum atomic E-state index is 0.527. The zero-order chi connectivity index (χ0) is 11.5. The monoisotopic (exact) mass is 236 g/mol. The van der Waals surface area contributed by atoms with Gasteiger partial charge in [0, 0.05) is 24.5 Å². The molecule has 0 amide bonds. The summed E-state index contributed by atoms with van der Waals surface area (Å²) in [5, 5.41) is 4.09. The van der Waals surface area contributed by atoms with E-state index in [9.17, 15) is 0 Å². The predicted molar refractivity (Wildman–Crippen MR) is 71.1 cm³/mol. The summed E-state index contributed by atoms with van der Waals surface area (Å²) in [6, 6.07) is 6.68. The molecule has 1 aliphatic rings. The first-order chi connectivity index (χ1) is 7.65. The summed E-state index contributed by atoms with van der Waals surface area (Å²) in [5.41, 5.74) is 2.72. The predicted octanol–water partition coefficient (Wildman–Crippen LogP) is 2.26. The Morgan fingerprint density at radius 1 is 1.38 bits per heavy atom. The van der Waals surface area contributed by atoms with Gasteiger partial charge in [-0.05, 0) is 38.1 Å². The van der Waals surface area contributed by atoms with Crippen molar-refractivity contribution in [2.24, 2.45) is 0 Å². The van der Waals surface area contributed by atoms with Crippen LogP contribution in [0.25, 0.3) is 0 Å². The maximum Gasteiger partial charge on any atom is 0.0708 e. The lowest BCUT2D eigenvalue weighted by atomic mass is 10.2. The van der Waals surface area contributed by atoms with E-state index in [4.69, 9.17) is 0 Å². The molecule has 1 aromatic rings. The third kappa shape index (κ3) is 3.00. The van der Waals surface area contributed by atoms with Crippen molar-refractivity contribution in [3.05, 3.63) is 29.3 Å². The number of hydrogen-bond donors (Lipinski definition) is 1. The molecule has 1 fully saturated rings. The molecule has 1 aromatic carbocycles. The van der Waals surface area contributed by atoms with E-state index in [1.165, 1.54) is 16.0 Å². The van der Waals surface area contributed by atoms with Crippen LogP contribution in [-0.4, -0.2) is 37.0 Å². The highest BCUT2D eigenvalue weighted by molar-refractivity contribution is 8.00. The highest BCUT2D eigenvalue weighted by Crippen LogP contribution is 2.27. The quantitative estimate of drug-likeness (QED) is 0.848. The van der Waals surface area contributed by atoms with Crippen LogP contribution in [0.1, 0.15) is 11.1 Å². The van der Waals surface area contributed by atoms with Gasteiger partial charge >= 0.3 is 0 Å². The van der Waals surface area contributed by atoms with E-state index in [1.54, 1.807) is 0 Å². The van der Waals surface area contributed by atoms with Gasteiger partial charge in [0.1, 0.15) is 0 Å². The molecule has 0 aromatic heterocycles. The SMILES string of the molecule is Cc1ccc(C)c(SC2CN(C)CCN2)c1. The van der Waals surface area contributed by atoms with E-state index in [2.05, 4.69) is 49.3 Å². The summed E-state index contributed by atoms with van der Waals surface area (Å²) in [5.74, 6) is 0. The molecule has 16 heavy (non-hydrogen) atoms. The first-order valence-electron chi connectivity index (χ1n) is 5.81. The molecule has 1 saturated heterocycles. The molecule has 3 heteroatoms. The maximum atomic E-state index is 3.57. The molecule has 0 spiro atoms. The Kier molecular flexibility index (Phi) is 3.90. The third-order valence-electron chi connectivity index (χ3n) is 2.96. The normalized spacial score (nSPS) is 22.3. The zero-order valence-electron chi connectivity index (χ0n) is 10.3. The van der Waals surface area contributed by atoms with Gasteiger partial charge in [-0.15, -0.1) is 11.8 Å². The number of rotatable bonds is 2. The highest BCUT2D eigenvalue weighted by atomic mass is 32.2. The van der Waals surface area contributed by atoms with Crippen LogP contribution < -0.4 is 5.32 Å². The van der Waals surface area contributed by atoms with E-state index in [0.717, 1.165) is 19.6 Å². The van der Waals surface area contributed by atoms with Crippen LogP contribution >= 0.6 is 11.8 Å². The molecule has 1 N–H and O–H groups in total. The molecule has 0 radical (unpaired) electrons. The molecule has 2 nitrogen and oxygen atoms in total. The average molecular weight is 236 g/mol. The number of thioether (sulfide) groups is 1. The van der Waals surface area contributed by atoms with Crippen LogP contribution in [0.2, 0.25) is 0 Å². The van der Waals surface area contributed by atoms with Gasteiger partial charge in [0.2, 0.25) is 0 Å². The number of nitrogens with one attached hydrogen (secondary N) is 1. The van der Waals surface area contributed by atoms with Crippen LogP contribution in [0.15, 0.2) is 23.1 Å². The summed E-state index contributed by atoms with van der Waals surface area (Å²) in [7, 11) is 2.19. The van der Waals surface area contributed by atoms with E-state index in [1.807, 2.05) is 11.8 Å². The van der Waals surface area contributed by atoms with Crippen LogP contribution in [0.4, 0.5) is 0 Å². The van der Waals surface area contributed by atoms with Gasteiger partial charge in [0.25, 0.3) is 0 Å². The lowest BCUT2D eigenvalue weighted by Crippen LogP contribution is -2.47. The third-order valence-corrected chi connectivity index (χ3v) is 4.25. The fraction of sp³-hybridized carbons (Fsp3) is 0.538. The number of likely N-dealkylation sites (N-methyl/N-ethyl adjacent to an activating group) is 1. The maximum absolute atomic E-state index is 3.57. The Morgan fingerprint density at radius 2 is 2.19 bits per heavy atom. The average Bonchev–Trinajstić information content (AvgIpc) is 2.24. The number of nitrogens with zero attached hydrogens (tertiary/aromatic N) is 1. The Morgan fingerprint density at radius 3 is 2.94 bits per heavy atom. The molecule has 1 atom stereocenters. The summed E-state index contributed by atoms with van der Waals surface area (Å²) >= 11 is 1.96. The van der Waals surface area contributed by atoms with Crippen molar-refractivity contribution in [2.45, 2.75) is 24.1 Å². The standard InChI is InChI=1S/C13H20N2S/c1-10-4-5-11(2)12(8-10)16-13-9-15(3)7-6-14-13/h4-5,8,13-14H,6-7,9H2,1-3H3. The van der Waals surface area contributed by atoms with Gasteiger partial charge in [-0.1, -0.05) is 12.1 Å². The molecule has 0 aliphatic carbocycles. The fourth-order valence-electron chi connectivity index (χ4n) is 1.92. The number of hydrogen-bond acceptors (Lipinski definition) is 3. The topological polar surface area (TPSA) is 15.3 Å². The van der Waals surface area contributed by atoms with Crippen molar-refractivity contribution < 1.29 is 0 Å². The van der Waals surface area contributed by atoms with Crippen LogP contribution in [0.3, 0.4) is 0 Å². The summed E-state index contributed by atoms with van der Waals surface area (Å²) in [6.45, 7) is 7.72. The van der Waals surface area contributed by atoms with E-state index in [-0.39, 0.29) is 0 Å². The van der Waals surface area contributed by atoms with Gasteiger partial charge in [-0.2, -0.15) is 0 Å². The van der Waals surface area contributed by atoms with Crippen molar-refractivity contribution in [1.29, 1.82) is 0 Å². The van der Waals surface area contributed by atoms with Crippen LogP contribution in [-0.2, 0) is 0 Å². The van der Waals surface area contributed by atoms with Gasteiger partial charge in [0.15, 0.2) is 0 Å². The van der Waals surface area contributed by atoms with E-state index in [0.29, 0.717) is 5.37 Å². The van der Waals surface area contributed by atoms with Crippen LogP contribution in [0.5, 0.6) is 0 Å². The van der Waals surface area contributed by atoms with Crippen molar-refractivity contribution in [3.63, 3.8) is 0 Å². The molecule has 0 bridgehead atoms. The van der Waals surface area contributed by atoms with Gasteiger partial charge in [-0.25, -0.2) is 0 Å². The second-order valence-electron chi connectivity index (χ2n) is 4.59. The van der Waals surface area contributed by atoms with Gasteiger partial charge in [0.05, 0.1) is 5.37 Å². The van der Waals surface area contributed by atoms with Crippen molar-refractivity contribution in [3.8, 4) is 0 Å². The Bertz CT molecular complexity index is 365. The number of benzene rings is 1. The molecule has 88 valence electrons. The van der Waals surface area contributed by atoms with Crippen LogP contribution in [0, 0.1) is 13.8 Å². The number of piperazine rings is 1. The summed E-state index contributed by atoms with van der Waals surface area (Å²) in [4.78, 5) is 3.80. The summed E-state index contributed by atoms with van der Waals surface area (Å²) < 4.78 is 0. The number of aryl methyl sites for hydroxylation is 2. The van der Waals surface area contributed by atoms with E-state index < -0.39 is 0 Å². The van der Waals surface area contributed by atoms with Crippen molar-refractivity contribution in [1.82, 2.24) is 10.2 Å². The fourth-order valence-corrected chi connectivity index (χ4v) is 3.27. The van der Waals surface area contributed by atoms with Crippen molar-refractivity contribution in [2.75, 3.05) is 26.7 Å². The summed E-state index contributed by atoms with van der Waals surface area (Å²) in [6.07, 6.45) is 0. The molecule has 1 aliphatic heterocycles. The minimum absolute atomic E-state index is 0.527. The second kappa shape index (κ2) is 5.21. The second-order valence-corrected chi connectivity index (χ2v) is 5.84. The zero-order valence-corrected chi connectivity index (χ0v) is 11.1. The Balaban J connectivity index is 2.05. The Hall–Kier alpha value is -0.510. The van der Waals surface area contributed by atoms with Gasteiger partial charge < -0.3 is 10.2 Å². The lowest BCUT2D eigenvalue weighted by molar-refractivity contribution is 0.278. The molecule has 0 saturated carbocycles. The minimum Gasteiger partial charge on any atom is -0.303 e. The smallest absolute Gasteiger partial charge is 0.0708 e. The first-order valence-corrected chi connectivity index (χ1v) is 6.69. The molecule has 1 unspecified atom stereocenters. The van der Waals surface area contributed by atoms with Gasteiger partial charge in [-0.3, -0.25) is 0 Å². The molecule has 1 heterocycles. The largest absolute Gasteiger partial charge is 0.303 e. The molecular formula is C13H20N2S. The first kappa shape index (κ1) is 12.0. The van der Waals surface area contributed by atoms with Crippen molar-refractivity contribution >= 4 is 11.8 Å². The molecule has 2 rings (SSSR count). The molecular weight excluding hydrogens is 216 g/mol. The Labute approximate surface area is 102 Å². The lowest BCUT2D eigenvalue weighted by Gasteiger charge is -2.30. The highest BCUT2D eigenvalue weighted by Gasteiger charge is 2.17. The van der Waals surface area contributed by atoms with E-state index >= 15 is 0 Å².